The van der Waals surface area contributed by atoms with Crippen LogP contribution in [0.25, 0.3) is 5.70 Å². The van der Waals surface area contributed by atoms with Crippen molar-refractivity contribution in [3.8, 4) is 0 Å². The number of nitrogens with two attached hydrogens (primary N) is 1. The number of benzene rings is 1. The summed E-state index contributed by atoms with van der Waals surface area (Å²) >= 11 is 0. The number of hydrogen-bond donors (Lipinski definition) is 2. The van der Waals surface area contributed by atoms with Crippen molar-refractivity contribution in [3.05, 3.63) is 60.7 Å². The van der Waals surface area contributed by atoms with Crippen LogP contribution < -0.4 is 11.1 Å². The van der Waals surface area contributed by atoms with Crippen molar-refractivity contribution in [2.24, 2.45) is 5.73 Å². The summed E-state index contributed by atoms with van der Waals surface area (Å²) in [6.45, 7) is 7.57. The molecule has 0 saturated carbocycles. The average Bonchev–Trinajstić information content (AvgIpc) is 2.29. The zero-order valence-electron chi connectivity index (χ0n) is 8.53. The van der Waals surface area contributed by atoms with Gasteiger partial charge in [-0.1, -0.05) is 36.9 Å². The van der Waals surface area contributed by atoms with Crippen LogP contribution in [0, 0.1) is 0 Å². The number of nitrogens with one attached hydrogen (secondary N) is 1. The van der Waals surface area contributed by atoms with Crippen molar-refractivity contribution in [1.82, 2.24) is 0 Å². The molecule has 1 aliphatic rings. The van der Waals surface area contributed by atoms with Crippen LogP contribution in [-0.4, -0.2) is 6.04 Å². The van der Waals surface area contributed by atoms with Crippen LogP contribution in [-0.2, 0) is 0 Å². The molecular weight excluding hydrogens is 184 g/mol. The summed E-state index contributed by atoms with van der Waals surface area (Å²) in [6.07, 6.45) is 3.62. The number of hydrogen-bond acceptors (Lipinski definition) is 2. The summed E-state index contributed by atoms with van der Waals surface area (Å²) in [5, 5.41) is 3.35. The van der Waals surface area contributed by atoms with Crippen LogP contribution in [0.4, 0.5) is 5.69 Å². The first-order valence-electron chi connectivity index (χ1n) is 4.88. The molecule has 0 amide bonds. The van der Waals surface area contributed by atoms with Gasteiger partial charge in [0, 0.05) is 22.5 Å². The van der Waals surface area contributed by atoms with Gasteiger partial charge in [-0.05, 0) is 6.07 Å². The van der Waals surface area contributed by atoms with E-state index in [2.05, 4.69) is 18.5 Å². The highest BCUT2D eigenvalue weighted by Gasteiger charge is 2.20. The summed E-state index contributed by atoms with van der Waals surface area (Å²) in [6, 6.07) is 8.02. The lowest BCUT2D eigenvalue weighted by molar-refractivity contribution is 1.03. The van der Waals surface area contributed by atoms with Crippen molar-refractivity contribution in [1.29, 1.82) is 0 Å². The summed E-state index contributed by atoms with van der Waals surface area (Å²) in [4.78, 5) is 0. The molecular formula is C13H14N2. The normalized spacial score (nSPS) is 19.1. The lowest BCUT2D eigenvalue weighted by atomic mass is 9.94. The quantitative estimate of drug-likeness (QED) is 0.717. The summed E-state index contributed by atoms with van der Waals surface area (Å²) in [5.41, 5.74) is 9.94. The maximum Gasteiger partial charge on any atom is 0.0715 e. The minimum atomic E-state index is 0.0531. The smallest absolute Gasteiger partial charge is 0.0715 e. The Hall–Kier alpha value is -1.96. The van der Waals surface area contributed by atoms with E-state index in [1.807, 2.05) is 30.3 Å². The Morgan fingerprint density at radius 1 is 1.27 bits per heavy atom. The average molecular weight is 198 g/mol. The second kappa shape index (κ2) is 3.65. The van der Waals surface area contributed by atoms with Crippen LogP contribution in [0.5, 0.6) is 0 Å². The molecule has 3 N–H and O–H groups in total. The molecule has 1 aromatic carbocycles. The fourth-order valence-corrected chi connectivity index (χ4v) is 1.83. The van der Waals surface area contributed by atoms with Crippen molar-refractivity contribution < 1.29 is 0 Å². The van der Waals surface area contributed by atoms with Crippen LogP contribution in [0.1, 0.15) is 5.56 Å². The van der Waals surface area contributed by atoms with E-state index in [9.17, 15) is 0 Å². The molecule has 1 atom stereocenters. The molecule has 76 valence electrons. The van der Waals surface area contributed by atoms with Crippen LogP contribution >= 0.6 is 0 Å². The molecule has 0 spiro atoms. The first-order valence-corrected chi connectivity index (χ1v) is 4.88. The highest BCUT2D eigenvalue weighted by Crippen LogP contribution is 2.31. The SMILES string of the molecule is C=CC1=C(N)c2ccccc2NC1C=C. The molecule has 1 aliphatic heterocycles. The van der Waals surface area contributed by atoms with Gasteiger partial charge in [0.25, 0.3) is 0 Å². The molecule has 2 nitrogen and oxygen atoms in total. The van der Waals surface area contributed by atoms with Crippen molar-refractivity contribution in [2.45, 2.75) is 6.04 Å². The van der Waals surface area contributed by atoms with E-state index in [1.165, 1.54) is 0 Å². The summed E-state index contributed by atoms with van der Waals surface area (Å²) in [7, 11) is 0. The van der Waals surface area contributed by atoms with Gasteiger partial charge < -0.3 is 11.1 Å². The molecule has 0 radical (unpaired) electrons. The second-order valence-electron chi connectivity index (χ2n) is 3.48. The molecule has 0 fully saturated rings. The minimum absolute atomic E-state index is 0.0531. The van der Waals surface area contributed by atoms with E-state index in [-0.39, 0.29) is 6.04 Å². The highest BCUT2D eigenvalue weighted by molar-refractivity contribution is 5.82. The van der Waals surface area contributed by atoms with Crippen LogP contribution in [0.2, 0.25) is 0 Å². The highest BCUT2D eigenvalue weighted by atomic mass is 14.9. The van der Waals surface area contributed by atoms with E-state index in [0.29, 0.717) is 0 Å². The Morgan fingerprint density at radius 2 is 2.00 bits per heavy atom. The second-order valence-corrected chi connectivity index (χ2v) is 3.48. The predicted molar refractivity (Wildman–Crippen MR) is 65.4 cm³/mol. The van der Waals surface area contributed by atoms with E-state index in [1.54, 1.807) is 6.08 Å². The van der Waals surface area contributed by atoms with Crippen molar-refractivity contribution in [2.75, 3.05) is 5.32 Å². The molecule has 1 unspecified atom stereocenters. The molecule has 1 heterocycles. The Morgan fingerprint density at radius 3 is 2.67 bits per heavy atom. The maximum atomic E-state index is 6.09. The topological polar surface area (TPSA) is 38.0 Å². The molecule has 0 bridgehead atoms. The number of rotatable bonds is 2. The van der Waals surface area contributed by atoms with E-state index < -0.39 is 0 Å². The fraction of sp³-hybridized carbons (Fsp3) is 0.0769. The van der Waals surface area contributed by atoms with Crippen LogP contribution in [0.15, 0.2) is 55.1 Å². The van der Waals surface area contributed by atoms with Gasteiger partial charge in [0.05, 0.1) is 6.04 Å². The Bertz CT molecular complexity index is 444. The minimum Gasteiger partial charge on any atom is -0.398 e. The molecule has 2 heteroatoms. The molecule has 0 aromatic heterocycles. The molecule has 0 aliphatic carbocycles. The van der Waals surface area contributed by atoms with Gasteiger partial charge in [-0.15, -0.1) is 6.58 Å². The van der Waals surface area contributed by atoms with Crippen LogP contribution in [0.3, 0.4) is 0 Å². The zero-order valence-corrected chi connectivity index (χ0v) is 8.53. The lowest BCUT2D eigenvalue weighted by Crippen LogP contribution is -2.26. The predicted octanol–water partition coefficient (Wildman–Crippen LogP) is 2.52. The van der Waals surface area contributed by atoms with Gasteiger partial charge in [-0.25, -0.2) is 0 Å². The fourth-order valence-electron chi connectivity index (χ4n) is 1.83. The van der Waals surface area contributed by atoms with E-state index >= 15 is 0 Å². The zero-order chi connectivity index (χ0) is 10.8. The van der Waals surface area contributed by atoms with Crippen molar-refractivity contribution >= 4 is 11.4 Å². The molecule has 15 heavy (non-hydrogen) atoms. The molecule has 2 rings (SSSR count). The van der Waals surface area contributed by atoms with Gasteiger partial charge in [0.2, 0.25) is 0 Å². The van der Waals surface area contributed by atoms with Gasteiger partial charge in [0.15, 0.2) is 0 Å². The standard InChI is InChI=1S/C13H14N2/c1-3-9-11(4-2)15-12-8-6-5-7-10(12)13(9)14/h3-8,11,15H,1-2,14H2. The largest absolute Gasteiger partial charge is 0.398 e. The Kier molecular flexibility index (Phi) is 2.34. The van der Waals surface area contributed by atoms with Gasteiger partial charge in [-0.3, -0.25) is 0 Å². The lowest BCUT2D eigenvalue weighted by Gasteiger charge is -2.27. The molecule has 0 saturated heterocycles. The first-order chi connectivity index (χ1) is 7.27. The van der Waals surface area contributed by atoms with E-state index in [0.717, 1.165) is 22.5 Å². The number of anilines is 1. The van der Waals surface area contributed by atoms with E-state index in [4.69, 9.17) is 5.73 Å². The Labute approximate surface area is 89.8 Å². The summed E-state index contributed by atoms with van der Waals surface area (Å²) in [5.74, 6) is 0. The van der Waals surface area contributed by atoms with Gasteiger partial charge in [0.1, 0.15) is 0 Å². The maximum absolute atomic E-state index is 6.09. The Balaban J connectivity index is 2.61. The number of para-hydroxylation sites is 1. The summed E-state index contributed by atoms with van der Waals surface area (Å²) < 4.78 is 0. The van der Waals surface area contributed by atoms with Crippen molar-refractivity contribution in [3.63, 3.8) is 0 Å². The first kappa shape index (κ1) is 9.59. The third kappa shape index (κ3) is 1.44. The van der Waals surface area contributed by atoms with Gasteiger partial charge in [-0.2, -0.15) is 0 Å². The number of fused-ring (bicyclic) bond motifs is 1. The molecule has 1 aromatic rings. The van der Waals surface area contributed by atoms with Gasteiger partial charge >= 0.3 is 0 Å². The third-order valence-electron chi connectivity index (χ3n) is 2.63. The third-order valence-corrected chi connectivity index (χ3v) is 2.63. The monoisotopic (exact) mass is 198 g/mol.